The van der Waals surface area contributed by atoms with Crippen LogP contribution >= 0.6 is 0 Å². The zero-order valence-corrected chi connectivity index (χ0v) is 14.7. The highest BCUT2D eigenvalue weighted by Gasteiger charge is 2.44. The second-order valence-electron chi connectivity index (χ2n) is 6.87. The molecule has 2 N–H and O–H groups in total. The van der Waals surface area contributed by atoms with Gasteiger partial charge in [-0.05, 0) is 37.2 Å². The van der Waals surface area contributed by atoms with Gasteiger partial charge in [-0.3, -0.25) is 0 Å². The highest BCUT2D eigenvalue weighted by atomic mass is 16.5. The van der Waals surface area contributed by atoms with Crippen LogP contribution in [0.5, 0.6) is 0 Å². The van der Waals surface area contributed by atoms with Gasteiger partial charge >= 0.3 is 0 Å². The molecule has 1 saturated heterocycles. The maximum Gasteiger partial charge on any atom is 0.196 e. The Morgan fingerprint density at radius 3 is 2.54 bits per heavy atom. The molecule has 0 radical (unpaired) electrons. The van der Waals surface area contributed by atoms with E-state index in [9.17, 15) is 10.2 Å². The molecule has 0 aromatic heterocycles. The molecule has 0 spiro atoms. The van der Waals surface area contributed by atoms with Crippen molar-refractivity contribution in [2.24, 2.45) is 11.8 Å². The molecule has 2 fully saturated rings. The average molecular weight is 340 g/mol. The van der Waals surface area contributed by atoms with Crippen LogP contribution in [-0.2, 0) is 18.9 Å². The number of hydrogen-bond acceptors (Lipinski definition) is 6. The number of allylic oxidation sites excluding steroid dienone is 1. The second-order valence-corrected chi connectivity index (χ2v) is 6.87. The van der Waals surface area contributed by atoms with Crippen molar-refractivity contribution < 1.29 is 29.2 Å². The monoisotopic (exact) mass is 340 g/mol. The fourth-order valence-electron chi connectivity index (χ4n) is 4.45. The van der Waals surface area contributed by atoms with Crippen molar-refractivity contribution in [3.63, 3.8) is 0 Å². The third kappa shape index (κ3) is 3.03. The largest absolute Gasteiger partial charge is 0.502 e. The predicted octanol–water partition coefficient (Wildman–Crippen LogP) is 2.29. The van der Waals surface area contributed by atoms with Crippen LogP contribution in [0.2, 0.25) is 0 Å². The lowest BCUT2D eigenvalue weighted by Crippen LogP contribution is -2.52. The molecule has 1 aliphatic heterocycles. The first kappa shape index (κ1) is 17.6. The van der Waals surface area contributed by atoms with Crippen molar-refractivity contribution in [1.29, 1.82) is 0 Å². The molecule has 0 amide bonds. The summed E-state index contributed by atoms with van der Waals surface area (Å²) < 4.78 is 22.3. The lowest BCUT2D eigenvalue weighted by Gasteiger charge is -2.45. The predicted molar refractivity (Wildman–Crippen MR) is 87.3 cm³/mol. The standard InChI is InChI=1S/C18H28O6/c1-21-14-7-5-12(17(22-2)15(14)20)11-8-10-4-6-13(19)18(23-3)16(10)24-9-11/h10-11,13,16,18-20H,4-9H2,1-3H3/t10?,11-,13?,16?,18?/m1/s1. The van der Waals surface area contributed by atoms with Gasteiger partial charge in [0.05, 0.1) is 33.0 Å². The van der Waals surface area contributed by atoms with E-state index in [0.717, 1.165) is 31.3 Å². The quantitative estimate of drug-likeness (QED) is 0.818. The molecule has 6 nitrogen and oxygen atoms in total. The number of hydrogen-bond donors (Lipinski definition) is 2. The molecule has 3 rings (SSSR count). The minimum absolute atomic E-state index is 0.0520. The Morgan fingerprint density at radius 1 is 1.08 bits per heavy atom. The van der Waals surface area contributed by atoms with Gasteiger partial charge in [-0.25, -0.2) is 0 Å². The maximum atomic E-state index is 10.4. The summed E-state index contributed by atoms with van der Waals surface area (Å²) in [6, 6.07) is 0. The van der Waals surface area contributed by atoms with Gasteiger partial charge in [0.1, 0.15) is 11.9 Å². The van der Waals surface area contributed by atoms with Gasteiger partial charge in [-0.1, -0.05) is 0 Å². The van der Waals surface area contributed by atoms with Crippen LogP contribution in [-0.4, -0.2) is 56.5 Å². The van der Waals surface area contributed by atoms with Gasteiger partial charge in [-0.2, -0.15) is 0 Å². The summed E-state index contributed by atoms with van der Waals surface area (Å²) in [5.41, 5.74) is 1.11. The molecule has 0 aromatic rings. The lowest BCUT2D eigenvalue weighted by atomic mass is 9.73. The normalized spacial score (nSPS) is 37.2. The Kier molecular flexibility index (Phi) is 5.37. The van der Waals surface area contributed by atoms with Crippen LogP contribution in [0.25, 0.3) is 0 Å². The zero-order chi connectivity index (χ0) is 17.3. The van der Waals surface area contributed by atoms with Gasteiger partial charge in [0.2, 0.25) is 0 Å². The topological polar surface area (TPSA) is 77.4 Å². The molecule has 2 aliphatic carbocycles. The fourth-order valence-corrected chi connectivity index (χ4v) is 4.45. The van der Waals surface area contributed by atoms with Crippen molar-refractivity contribution in [2.45, 2.75) is 50.4 Å². The van der Waals surface area contributed by atoms with E-state index in [0.29, 0.717) is 30.5 Å². The van der Waals surface area contributed by atoms with Gasteiger partial charge < -0.3 is 29.2 Å². The Labute approximate surface area is 143 Å². The molecule has 136 valence electrons. The number of fused-ring (bicyclic) bond motifs is 1. The van der Waals surface area contributed by atoms with Crippen LogP contribution in [0.4, 0.5) is 0 Å². The van der Waals surface area contributed by atoms with Crippen molar-refractivity contribution >= 4 is 0 Å². The molecule has 0 aromatic carbocycles. The average Bonchev–Trinajstić information content (AvgIpc) is 2.61. The van der Waals surface area contributed by atoms with E-state index in [2.05, 4.69) is 0 Å². The SMILES string of the molecule is COC1=C(O)C(OC)=C([C@H]2COC3C(CCC(O)C3OC)C2)CC1. The van der Waals surface area contributed by atoms with E-state index in [1.54, 1.807) is 21.3 Å². The fraction of sp³-hybridized carbons (Fsp3) is 0.778. The van der Waals surface area contributed by atoms with Crippen molar-refractivity contribution in [3.8, 4) is 0 Å². The number of aliphatic hydroxyl groups is 2. The maximum absolute atomic E-state index is 10.4. The molecule has 0 bridgehead atoms. The van der Waals surface area contributed by atoms with Crippen molar-refractivity contribution in [2.75, 3.05) is 27.9 Å². The van der Waals surface area contributed by atoms with E-state index in [1.807, 2.05) is 0 Å². The minimum atomic E-state index is -0.451. The molecular formula is C18H28O6. The van der Waals surface area contributed by atoms with E-state index in [1.165, 1.54) is 0 Å². The first-order valence-corrected chi connectivity index (χ1v) is 8.66. The summed E-state index contributed by atoms with van der Waals surface area (Å²) in [6.45, 7) is 0.561. The molecule has 4 unspecified atom stereocenters. The van der Waals surface area contributed by atoms with Gasteiger partial charge in [0, 0.05) is 19.4 Å². The first-order chi connectivity index (χ1) is 11.6. The number of aliphatic hydroxyl groups excluding tert-OH is 2. The molecule has 5 atom stereocenters. The van der Waals surface area contributed by atoms with Crippen LogP contribution in [0, 0.1) is 11.8 Å². The first-order valence-electron chi connectivity index (χ1n) is 8.66. The molecule has 3 aliphatic rings. The highest BCUT2D eigenvalue weighted by Crippen LogP contribution is 2.43. The molecular weight excluding hydrogens is 312 g/mol. The van der Waals surface area contributed by atoms with E-state index in [-0.39, 0.29) is 23.9 Å². The number of rotatable bonds is 4. The third-order valence-electron chi connectivity index (χ3n) is 5.69. The molecule has 1 saturated carbocycles. The summed E-state index contributed by atoms with van der Waals surface area (Å²) >= 11 is 0. The van der Waals surface area contributed by atoms with Crippen LogP contribution < -0.4 is 0 Å². The van der Waals surface area contributed by atoms with Crippen molar-refractivity contribution in [1.82, 2.24) is 0 Å². The Bertz CT molecular complexity index is 526. The lowest BCUT2D eigenvalue weighted by molar-refractivity contribution is -0.175. The van der Waals surface area contributed by atoms with Crippen LogP contribution in [0.15, 0.2) is 22.9 Å². The smallest absolute Gasteiger partial charge is 0.196 e. The zero-order valence-electron chi connectivity index (χ0n) is 14.7. The third-order valence-corrected chi connectivity index (χ3v) is 5.69. The summed E-state index contributed by atoms with van der Waals surface area (Å²) in [4.78, 5) is 0. The highest BCUT2D eigenvalue weighted by molar-refractivity contribution is 5.34. The van der Waals surface area contributed by atoms with Gasteiger partial charge in [0.25, 0.3) is 0 Å². The van der Waals surface area contributed by atoms with E-state index < -0.39 is 6.10 Å². The van der Waals surface area contributed by atoms with Crippen LogP contribution in [0.3, 0.4) is 0 Å². The number of methoxy groups -OCH3 is 3. The van der Waals surface area contributed by atoms with E-state index in [4.69, 9.17) is 18.9 Å². The molecule has 6 heteroatoms. The van der Waals surface area contributed by atoms with Crippen molar-refractivity contribution in [3.05, 3.63) is 22.9 Å². The Morgan fingerprint density at radius 2 is 1.88 bits per heavy atom. The Balaban J connectivity index is 1.79. The molecule has 1 heterocycles. The summed E-state index contributed by atoms with van der Waals surface area (Å²) in [7, 11) is 4.78. The second kappa shape index (κ2) is 7.33. The van der Waals surface area contributed by atoms with E-state index >= 15 is 0 Å². The number of ether oxygens (including phenoxy) is 4. The Hall–Kier alpha value is -1.24. The minimum Gasteiger partial charge on any atom is -0.502 e. The summed E-state index contributed by atoms with van der Waals surface area (Å²) in [6.07, 6.45) is 3.37. The van der Waals surface area contributed by atoms with Crippen LogP contribution in [0.1, 0.15) is 32.1 Å². The summed E-state index contributed by atoms with van der Waals surface area (Å²) in [5.74, 6) is 1.79. The van der Waals surface area contributed by atoms with Gasteiger partial charge in [0.15, 0.2) is 11.5 Å². The molecule has 24 heavy (non-hydrogen) atoms. The van der Waals surface area contributed by atoms with Gasteiger partial charge in [-0.15, -0.1) is 0 Å². The summed E-state index contributed by atoms with van der Waals surface area (Å²) in [5, 5.41) is 20.5.